The third-order valence-corrected chi connectivity index (χ3v) is 2.42. The van der Waals surface area contributed by atoms with E-state index in [9.17, 15) is 13.9 Å². The van der Waals surface area contributed by atoms with Crippen LogP contribution in [0.15, 0.2) is 36.4 Å². The normalized spacial score (nSPS) is 10.3. The van der Waals surface area contributed by atoms with Gasteiger partial charge in [0.2, 0.25) is 0 Å². The number of phenols is 1. The van der Waals surface area contributed by atoms with E-state index in [1.54, 1.807) is 0 Å². The van der Waals surface area contributed by atoms with Crippen molar-refractivity contribution in [3.63, 3.8) is 0 Å². The fraction of sp³-hybridized carbons (Fsp3) is 0.0769. The molecule has 2 nitrogen and oxygen atoms in total. The van der Waals surface area contributed by atoms with Gasteiger partial charge in [-0.3, -0.25) is 0 Å². The number of aromatic hydroxyl groups is 1. The average molecular weight is 236 g/mol. The Labute approximate surface area is 97.1 Å². The molecule has 0 saturated heterocycles. The van der Waals surface area contributed by atoms with Gasteiger partial charge in [0.25, 0.3) is 0 Å². The average Bonchev–Trinajstić information content (AvgIpc) is 2.33. The van der Waals surface area contributed by atoms with Gasteiger partial charge in [-0.2, -0.15) is 0 Å². The summed E-state index contributed by atoms with van der Waals surface area (Å²) in [7, 11) is 1.39. The highest BCUT2D eigenvalue weighted by Gasteiger charge is 2.09. The second-order valence-corrected chi connectivity index (χ2v) is 3.51. The van der Waals surface area contributed by atoms with Crippen LogP contribution in [0.2, 0.25) is 0 Å². The van der Waals surface area contributed by atoms with Gasteiger partial charge in [-0.25, -0.2) is 8.78 Å². The third kappa shape index (κ3) is 2.20. The zero-order valence-corrected chi connectivity index (χ0v) is 9.08. The summed E-state index contributed by atoms with van der Waals surface area (Å²) in [6.07, 6.45) is 0. The van der Waals surface area contributed by atoms with Gasteiger partial charge in [0, 0.05) is 5.56 Å². The molecule has 0 aliphatic carbocycles. The van der Waals surface area contributed by atoms with Gasteiger partial charge in [-0.15, -0.1) is 0 Å². The molecule has 0 spiro atoms. The fourth-order valence-electron chi connectivity index (χ4n) is 1.56. The maximum Gasteiger partial charge on any atom is 0.161 e. The Bertz CT molecular complexity index is 553. The van der Waals surface area contributed by atoms with Gasteiger partial charge < -0.3 is 9.84 Å². The zero-order valence-electron chi connectivity index (χ0n) is 9.08. The van der Waals surface area contributed by atoms with E-state index in [-0.39, 0.29) is 17.1 Å². The van der Waals surface area contributed by atoms with Crippen molar-refractivity contribution in [2.24, 2.45) is 0 Å². The van der Waals surface area contributed by atoms with Crippen LogP contribution in [0.25, 0.3) is 11.1 Å². The Hall–Kier alpha value is -2.10. The van der Waals surface area contributed by atoms with Crippen molar-refractivity contribution in [2.75, 3.05) is 7.11 Å². The summed E-state index contributed by atoms with van der Waals surface area (Å²) in [6, 6.07) is 7.53. The van der Waals surface area contributed by atoms with Gasteiger partial charge in [0.15, 0.2) is 11.5 Å². The smallest absolute Gasteiger partial charge is 0.161 e. The molecule has 0 radical (unpaired) electrons. The van der Waals surface area contributed by atoms with Crippen molar-refractivity contribution in [1.82, 2.24) is 0 Å². The molecule has 4 heteroatoms. The SMILES string of the molecule is COc1cc(-c2cc(F)ccc2F)ccc1O. The predicted octanol–water partition coefficient (Wildman–Crippen LogP) is 3.35. The van der Waals surface area contributed by atoms with Gasteiger partial charge in [-0.05, 0) is 35.9 Å². The van der Waals surface area contributed by atoms with E-state index < -0.39 is 11.6 Å². The molecule has 0 aliphatic rings. The summed E-state index contributed by atoms with van der Waals surface area (Å²) in [6.45, 7) is 0. The Kier molecular flexibility index (Phi) is 2.95. The van der Waals surface area contributed by atoms with Gasteiger partial charge in [-0.1, -0.05) is 6.07 Å². The van der Waals surface area contributed by atoms with E-state index >= 15 is 0 Å². The molecule has 1 N–H and O–H groups in total. The molecule has 88 valence electrons. The molecule has 0 heterocycles. The lowest BCUT2D eigenvalue weighted by molar-refractivity contribution is 0.373. The lowest BCUT2D eigenvalue weighted by atomic mass is 10.0. The van der Waals surface area contributed by atoms with Crippen molar-refractivity contribution >= 4 is 0 Å². The second-order valence-electron chi connectivity index (χ2n) is 3.51. The molecule has 0 atom stereocenters. The van der Waals surface area contributed by atoms with Crippen LogP contribution in [-0.2, 0) is 0 Å². The molecule has 2 aromatic carbocycles. The molecular weight excluding hydrogens is 226 g/mol. The molecule has 0 unspecified atom stereocenters. The lowest BCUT2D eigenvalue weighted by Gasteiger charge is -2.07. The number of ether oxygens (including phenoxy) is 1. The number of hydrogen-bond acceptors (Lipinski definition) is 2. The molecule has 0 saturated carbocycles. The minimum absolute atomic E-state index is 0.0481. The molecule has 2 rings (SSSR count). The van der Waals surface area contributed by atoms with Crippen LogP contribution in [0.1, 0.15) is 0 Å². The Morgan fingerprint density at radius 2 is 1.82 bits per heavy atom. The first-order valence-corrected chi connectivity index (χ1v) is 4.94. The number of rotatable bonds is 2. The molecule has 17 heavy (non-hydrogen) atoms. The Balaban J connectivity index is 2.56. The summed E-state index contributed by atoms with van der Waals surface area (Å²) in [5.41, 5.74) is 0.569. The summed E-state index contributed by atoms with van der Waals surface area (Å²) in [4.78, 5) is 0. The molecule has 0 bridgehead atoms. The summed E-state index contributed by atoms with van der Waals surface area (Å²) < 4.78 is 31.5. The maximum atomic E-state index is 13.5. The van der Waals surface area contributed by atoms with Crippen LogP contribution in [-0.4, -0.2) is 12.2 Å². The van der Waals surface area contributed by atoms with Gasteiger partial charge >= 0.3 is 0 Å². The van der Waals surface area contributed by atoms with E-state index in [0.717, 1.165) is 18.2 Å². The number of halogens is 2. The summed E-state index contributed by atoms with van der Waals surface area (Å²) in [5, 5.41) is 9.41. The van der Waals surface area contributed by atoms with Crippen LogP contribution in [0.4, 0.5) is 8.78 Å². The highest BCUT2D eigenvalue weighted by atomic mass is 19.1. The molecule has 0 fully saturated rings. The predicted molar refractivity (Wildman–Crippen MR) is 60.0 cm³/mol. The topological polar surface area (TPSA) is 29.5 Å². The van der Waals surface area contributed by atoms with Crippen LogP contribution in [0, 0.1) is 11.6 Å². The van der Waals surface area contributed by atoms with Crippen molar-refractivity contribution < 1.29 is 18.6 Å². The highest BCUT2D eigenvalue weighted by molar-refractivity contribution is 5.67. The van der Waals surface area contributed by atoms with E-state index in [0.29, 0.717) is 5.56 Å². The third-order valence-electron chi connectivity index (χ3n) is 2.42. The monoisotopic (exact) mass is 236 g/mol. The summed E-state index contributed by atoms with van der Waals surface area (Å²) >= 11 is 0. The van der Waals surface area contributed by atoms with Crippen LogP contribution in [0.5, 0.6) is 11.5 Å². The first kappa shape index (κ1) is 11.4. The minimum atomic E-state index is -0.529. The number of methoxy groups -OCH3 is 1. The van der Waals surface area contributed by atoms with E-state index in [1.807, 2.05) is 0 Å². The first-order valence-electron chi connectivity index (χ1n) is 4.94. The van der Waals surface area contributed by atoms with Crippen molar-refractivity contribution in [3.05, 3.63) is 48.0 Å². The molecular formula is C13H10F2O2. The zero-order chi connectivity index (χ0) is 12.4. The van der Waals surface area contributed by atoms with Crippen molar-refractivity contribution in [3.8, 4) is 22.6 Å². The van der Waals surface area contributed by atoms with Gasteiger partial charge in [0.1, 0.15) is 11.6 Å². The van der Waals surface area contributed by atoms with Gasteiger partial charge in [0.05, 0.1) is 7.11 Å². The number of benzene rings is 2. The van der Waals surface area contributed by atoms with Crippen LogP contribution < -0.4 is 4.74 Å². The molecule has 0 amide bonds. The molecule has 2 aromatic rings. The quantitative estimate of drug-likeness (QED) is 0.866. The minimum Gasteiger partial charge on any atom is -0.504 e. The Morgan fingerprint density at radius 1 is 1.06 bits per heavy atom. The standard InChI is InChI=1S/C13H10F2O2/c1-17-13-6-8(2-5-12(13)16)10-7-9(14)3-4-11(10)15/h2-7,16H,1H3. The summed E-state index contributed by atoms with van der Waals surface area (Å²) in [5.74, 6) is -0.883. The van der Waals surface area contributed by atoms with Crippen molar-refractivity contribution in [2.45, 2.75) is 0 Å². The largest absolute Gasteiger partial charge is 0.504 e. The van der Waals surface area contributed by atoms with Crippen LogP contribution in [0.3, 0.4) is 0 Å². The number of phenolic OH excluding ortho intramolecular Hbond substituents is 1. The first-order chi connectivity index (χ1) is 8.11. The van der Waals surface area contributed by atoms with Crippen molar-refractivity contribution in [1.29, 1.82) is 0 Å². The molecule has 0 aromatic heterocycles. The highest BCUT2D eigenvalue weighted by Crippen LogP contribution is 2.32. The van der Waals surface area contributed by atoms with E-state index in [2.05, 4.69) is 0 Å². The second kappa shape index (κ2) is 4.41. The van der Waals surface area contributed by atoms with E-state index in [4.69, 9.17) is 4.74 Å². The molecule has 0 aliphatic heterocycles. The lowest BCUT2D eigenvalue weighted by Crippen LogP contribution is -1.89. The fourth-order valence-corrected chi connectivity index (χ4v) is 1.56. The number of hydrogen-bond donors (Lipinski definition) is 1. The maximum absolute atomic E-state index is 13.5. The van der Waals surface area contributed by atoms with Crippen LogP contribution >= 0.6 is 0 Å². The Morgan fingerprint density at radius 3 is 2.53 bits per heavy atom. The van der Waals surface area contributed by atoms with E-state index in [1.165, 1.54) is 25.3 Å².